The Kier molecular flexibility index (Phi) is 5.23. The van der Waals surface area contributed by atoms with Crippen LogP contribution in [0.4, 0.5) is 5.82 Å². The van der Waals surface area contributed by atoms with Crippen molar-refractivity contribution in [2.75, 3.05) is 31.1 Å². The fraction of sp³-hybridized carbons (Fsp3) is 0.294. The van der Waals surface area contributed by atoms with Crippen molar-refractivity contribution in [2.45, 2.75) is 6.54 Å². The first-order valence-corrected chi connectivity index (χ1v) is 8.45. The van der Waals surface area contributed by atoms with Crippen LogP contribution < -0.4 is 10.6 Å². The molecule has 0 bridgehead atoms. The first-order valence-electron chi connectivity index (χ1n) is 7.70. The Morgan fingerprint density at radius 3 is 2.50 bits per heavy atom. The number of anilines is 1. The Hall–Kier alpha value is -1.82. The van der Waals surface area contributed by atoms with E-state index in [0.717, 1.165) is 44.1 Å². The molecule has 0 spiro atoms. The Morgan fingerprint density at radius 2 is 1.83 bits per heavy atom. The van der Waals surface area contributed by atoms with Gasteiger partial charge in [-0.15, -0.1) is 0 Å². The van der Waals surface area contributed by atoms with Gasteiger partial charge in [-0.1, -0.05) is 29.3 Å². The van der Waals surface area contributed by atoms with Crippen LogP contribution in [0, 0.1) is 0 Å². The molecule has 126 valence electrons. The molecule has 1 aliphatic heterocycles. The van der Waals surface area contributed by atoms with E-state index in [1.165, 1.54) is 0 Å². The van der Waals surface area contributed by atoms with E-state index in [9.17, 15) is 4.79 Å². The average molecular weight is 365 g/mol. The molecule has 1 saturated heterocycles. The zero-order chi connectivity index (χ0) is 17.1. The third-order valence-electron chi connectivity index (χ3n) is 4.12. The van der Waals surface area contributed by atoms with Crippen LogP contribution in [-0.4, -0.2) is 42.0 Å². The van der Waals surface area contributed by atoms with Crippen LogP contribution in [0.3, 0.4) is 0 Å². The van der Waals surface area contributed by atoms with Crippen molar-refractivity contribution in [3.8, 4) is 0 Å². The predicted molar refractivity (Wildman–Crippen MR) is 96.7 cm³/mol. The number of primary amides is 1. The Bertz CT molecular complexity index is 745. The predicted octanol–water partition coefficient (Wildman–Crippen LogP) is 2.81. The van der Waals surface area contributed by atoms with Gasteiger partial charge in [0, 0.05) is 44.5 Å². The monoisotopic (exact) mass is 364 g/mol. The molecule has 24 heavy (non-hydrogen) atoms. The molecular weight excluding hydrogens is 347 g/mol. The summed E-state index contributed by atoms with van der Waals surface area (Å²) >= 11 is 12.0. The highest BCUT2D eigenvalue weighted by Crippen LogP contribution is 2.24. The molecule has 1 aromatic carbocycles. The summed E-state index contributed by atoms with van der Waals surface area (Å²) in [6.45, 7) is 4.33. The summed E-state index contributed by atoms with van der Waals surface area (Å²) in [5.74, 6) is 0.359. The Labute approximate surface area is 151 Å². The maximum Gasteiger partial charge on any atom is 0.248 e. The second-order valence-corrected chi connectivity index (χ2v) is 6.59. The quantitative estimate of drug-likeness (QED) is 0.905. The van der Waals surface area contributed by atoms with Gasteiger partial charge in [0.05, 0.1) is 10.0 Å². The van der Waals surface area contributed by atoms with E-state index in [2.05, 4.69) is 14.8 Å². The van der Waals surface area contributed by atoms with Crippen LogP contribution in [0.15, 0.2) is 36.5 Å². The minimum absolute atomic E-state index is 0.433. The van der Waals surface area contributed by atoms with E-state index < -0.39 is 5.91 Å². The summed E-state index contributed by atoms with van der Waals surface area (Å²) in [6, 6.07) is 9.12. The molecular formula is C17H18Cl2N4O. The van der Waals surface area contributed by atoms with Gasteiger partial charge in [-0.05, 0) is 29.8 Å². The van der Waals surface area contributed by atoms with E-state index >= 15 is 0 Å². The van der Waals surface area contributed by atoms with Crippen molar-refractivity contribution in [3.63, 3.8) is 0 Å². The number of halogens is 2. The summed E-state index contributed by atoms with van der Waals surface area (Å²) in [7, 11) is 0. The van der Waals surface area contributed by atoms with E-state index in [4.69, 9.17) is 28.9 Å². The van der Waals surface area contributed by atoms with Crippen LogP contribution >= 0.6 is 23.2 Å². The number of pyridine rings is 1. The van der Waals surface area contributed by atoms with E-state index in [1.54, 1.807) is 18.3 Å². The molecule has 3 rings (SSSR count). The van der Waals surface area contributed by atoms with Crippen LogP contribution in [0.1, 0.15) is 15.9 Å². The zero-order valence-electron chi connectivity index (χ0n) is 13.1. The second kappa shape index (κ2) is 7.38. The van der Waals surface area contributed by atoms with Gasteiger partial charge in [0.1, 0.15) is 5.82 Å². The number of nitrogens with two attached hydrogens (primary N) is 1. The van der Waals surface area contributed by atoms with E-state index in [-0.39, 0.29) is 0 Å². The van der Waals surface area contributed by atoms with Crippen molar-refractivity contribution in [1.29, 1.82) is 0 Å². The van der Waals surface area contributed by atoms with Crippen LogP contribution in [0.2, 0.25) is 10.0 Å². The number of amides is 1. The molecule has 0 atom stereocenters. The minimum atomic E-state index is -0.433. The molecule has 0 unspecified atom stereocenters. The maximum absolute atomic E-state index is 11.3. The Morgan fingerprint density at radius 1 is 1.08 bits per heavy atom. The molecule has 7 heteroatoms. The number of benzene rings is 1. The van der Waals surface area contributed by atoms with Crippen molar-refractivity contribution in [3.05, 3.63) is 57.7 Å². The van der Waals surface area contributed by atoms with Crippen LogP contribution in [0.25, 0.3) is 0 Å². The average Bonchev–Trinajstić information content (AvgIpc) is 2.59. The van der Waals surface area contributed by atoms with Crippen molar-refractivity contribution >= 4 is 34.9 Å². The lowest BCUT2D eigenvalue weighted by Gasteiger charge is -2.35. The lowest BCUT2D eigenvalue weighted by atomic mass is 10.2. The molecule has 1 aromatic heterocycles. The van der Waals surface area contributed by atoms with Gasteiger partial charge in [0.15, 0.2) is 0 Å². The highest BCUT2D eigenvalue weighted by Gasteiger charge is 2.19. The number of aromatic nitrogens is 1. The number of carbonyl (C=O) groups is 1. The van der Waals surface area contributed by atoms with Crippen molar-refractivity contribution < 1.29 is 4.79 Å². The van der Waals surface area contributed by atoms with Gasteiger partial charge >= 0.3 is 0 Å². The first-order chi connectivity index (χ1) is 11.5. The molecule has 1 aliphatic rings. The summed E-state index contributed by atoms with van der Waals surface area (Å²) in [5.41, 5.74) is 6.96. The van der Waals surface area contributed by atoms with Crippen molar-refractivity contribution in [2.24, 2.45) is 5.73 Å². The summed E-state index contributed by atoms with van der Waals surface area (Å²) < 4.78 is 0. The third-order valence-corrected chi connectivity index (χ3v) is 4.86. The normalized spacial score (nSPS) is 15.5. The first kappa shape index (κ1) is 17.0. The van der Waals surface area contributed by atoms with E-state index in [0.29, 0.717) is 15.6 Å². The third kappa shape index (κ3) is 3.98. The number of hydrogen-bond donors (Lipinski definition) is 1. The smallest absolute Gasteiger partial charge is 0.248 e. The lowest BCUT2D eigenvalue weighted by Crippen LogP contribution is -2.46. The molecule has 2 heterocycles. The number of rotatable bonds is 4. The van der Waals surface area contributed by atoms with Gasteiger partial charge in [-0.25, -0.2) is 4.98 Å². The fourth-order valence-corrected chi connectivity index (χ4v) is 3.10. The van der Waals surface area contributed by atoms with E-state index in [1.807, 2.05) is 18.2 Å². The zero-order valence-corrected chi connectivity index (χ0v) is 14.6. The molecule has 0 saturated carbocycles. The topological polar surface area (TPSA) is 62.5 Å². The molecule has 0 aliphatic carbocycles. The molecule has 1 fully saturated rings. The van der Waals surface area contributed by atoms with Gasteiger partial charge in [0.25, 0.3) is 0 Å². The summed E-state index contributed by atoms with van der Waals surface area (Å²) in [6.07, 6.45) is 1.62. The number of nitrogens with zero attached hydrogens (tertiary/aromatic N) is 3. The molecule has 0 radical (unpaired) electrons. The maximum atomic E-state index is 11.3. The molecule has 5 nitrogen and oxygen atoms in total. The van der Waals surface area contributed by atoms with Gasteiger partial charge < -0.3 is 10.6 Å². The largest absolute Gasteiger partial charge is 0.366 e. The Balaban J connectivity index is 1.60. The lowest BCUT2D eigenvalue weighted by molar-refractivity contribution is 0.1000. The molecule has 1 amide bonds. The highest BCUT2D eigenvalue weighted by molar-refractivity contribution is 6.42. The number of hydrogen-bond acceptors (Lipinski definition) is 4. The van der Waals surface area contributed by atoms with Gasteiger partial charge in [-0.3, -0.25) is 9.69 Å². The van der Waals surface area contributed by atoms with Crippen LogP contribution in [-0.2, 0) is 6.54 Å². The van der Waals surface area contributed by atoms with Gasteiger partial charge in [-0.2, -0.15) is 0 Å². The SMILES string of the molecule is NC(=O)c1ccnc(N2CCN(Cc3ccc(Cl)c(Cl)c3)CC2)c1. The number of piperazine rings is 1. The summed E-state index contributed by atoms with van der Waals surface area (Å²) in [5, 5.41) is 1.16. The highest BCUT2D eigenvalue weighted by atomic mass is 35.5. The molecule has 2 aromatic rings. The summed E-state index contributed by atoms with van der Waals surface area (Å²) in [4.78, 5) is 20.2. The van der Waals surface area contributed by atoms with Gasteiger partial charge in [0.2, 0.25) is 5.91 Å². The van der Waals surface area contributed by atoms with Crippen LogP contribution in [0.5, 0.6) is 0 Å². The number of carbonyl (C=O) groups excluding carboxylic acids is 1. The second-order valence-electron chi connectivity index (χ2n) is 5.78. The minimum Gasteiger partial charge on any atom is -0.366 e. The standard InChI is InChI=1S/C17H18Cl2N4O/c18-14-2-1-12(9-15(14)19)11-22-5-7-23(8-6-22)16-10-13(17(20)24)3-4-21-16/h1-4,9-10H,5-8,11H2,(H2,20,24). The van der Waals surface area contributed by atoms with Crippen molar-refractivity contribution in [1.82, 2.24) is 9.88 Å². The fourth-order valence-electron chi connectivity index (χ4n) is 2.78. The molecule has 2 N–H and O–H groups in total.